The van der Waals surface area contributed by atoms with Crippen LogP contribution in [-0.4, -0.2) is 28.0 Å². The number of esters is 1. The molecule has 0 bridgehead atoms. The van der Waals surface area contributed by atoms with Gasteiger partial charge in [-0.2, -0.15) is 0 Å². The number of amides is 1. The van der Waals surface area contributed by atoms with Crippen LogP contribution in [-0.2, 0) is 14.3 Å². The number of para-hydroxylation sites is 2. The van der Waals surface area contributed by atoms with E-state index in [4.69, 9.17) is 16.3 Å². The van der Waals surface area contributed by atoms with E-state index in [9.17, 15) is 9.59 Å². The molecule has 6 nitrogen and oxygen atoms in total. The molecule has 0 unspecified atom stereocenters. The van der Waals surface area contributed by atoms with Crippen LogP contribution in [0.4, 0.5) is 5.95 Å². The van der Waals surface area contributed by atoms with E-state index in [-0.39, 0.29) is 6.61 Å². The van der Waals surface area contributed by atoms with Gasteiger partial charge in [-0.25, -0.2) is 4.98 Å². The molecule has 0 saturated heterocycles. The van der Waals surface area contributed by atoms with Gasteiger partial charge in [0.2, 0.25) is 11.9 Å². The molecule has 4 rings (SSSR count). The lowest BCUT2D eigenvalue weighted by Crippen LogP contribution is -2.43. The second kappa shape index (κ2) is 6.46. The second-order valence-corrected chi connectivity index (χ2v) is 6.45. The Bertz CT molecular complexity index is 997. The van der Waals surface area contributed by atoms with Crippen molar-refractivity contribution in [3.8, 4) is 0 Å². The molecule has 7 heteroatoms. The summed E-state index contributed by atoms with van der Waals surface area (Å²) in [4.78, 5) is 29.8. The van der Waals surface area contributed by atoms with E-state index in [1.54, 1.807) is 19.1 Å². The Morgan fingerprint density at radius 1 is 1.23 bits per heavy atom. The number of nitrogens with zero attached hydrogens (tertiary/aromatic N) is 2. The molecule has 0 aliphatic carbocycles. The van der Waals surface area contributed by atoms with E-state index in [0.29, 0.717) is 11.0 Å². The van der Waals surface area contributed by atoms with Crippen molar-refractivity contribution < 1.29 is 14.3 Å². The molecule has 1 N–H and O–H groups in total. The summed E-state index contributed by atoms with van der Waals surface area (Å²) < 4.78 is 7.05. The second-order valence-electron chi connectivity index (χ2n) is 6.01. The van der Waals surface area contributed by atoms with Crippen LogP contribution in [0.25, 0.3) is 11.0 Å². The first-order valence-electron chi connectivity index (χ1n) is 8.30. The van der Waals surface area contributed by atoms with Gasteiger partial charge in [0.25, 0.3) is 0 Å². The lowest BCUT2D eigenvalue weighted by molar-refractivity contribution is -0.152. The fourth-order valence-electron chi connectivity index (χ4n) is 3.36. The summed E-state index contributed by atoms with van der Waals surface area (Å²) >= 11 is 6.01. The normalized spacial score (nSPS) is 19.1. The number of hydrogen-bond donors (Lipinski definition) is 1. The van der Waals surface area contributed by atoms with Gasteiger partial charge in [-0.15, -0.1) is 0 Å². The molecule has 2 atom stereocenters. The first kappa shape index (κ1) is 16.6. The van der Waals surface area contributed by atoms with Crippen molar-refractivity contribution in [1.29, 1.82) is 0 Å². The van der Waals surface area contributed by atoms with Crippen molar-refractivity contribution >= 4 is 40.5 Å². The highest BCUT2D eigenvalue weighted by Crippen LogP contribution is 2.38. The van der Waals surface area contributed by atoms with Gasteiger partial charge in [0.15, 0.2) is 5.92 Å². The first-order valence-corrected chi connectivity index (χ1v) is 8.68. The van der Waals surface area contributed by atoms with Gasteiger partial charge in [0.1, 0.15) is 0 Å². The predicted molar refractivity (Wildman–Crippen MR) is 98.1 cm³/mol. The minimum atomic E-state index is -1.01. The number of ether oxygens (including phenoxy) is 1. The summed E-state index contributed by atoms with van der Waals surface area (Å²) in [6.45, 7) is 1.92. The van der Waals surface area contributed by atoms with Crippen LogP contribution in [0.3, 0.4) is 0 Å². The minimum absolute atomic E-state index is 0.202. The van der Waals surface area contributed by atoms with E-state index in [1.807, 2.05) is 41.0 Å². The third-order valence-corrected chi connectivity index (χ3v) is 4.71. The fraction of sp³-hybridized carbons (Fsp3) is 0.211. The Balaban J connectivity index is 1.95. The monoisotopic (exact) mass is 369 g/mol. The highest BCUT2D eigenvalue weighted by molar-refractivity contribution is 6.30. The summed E-state index contributed by atoms with van der Waals surface area (Å²) in [6, 6.07) is 14.1. The number of hydrogen-bond acceptors (Lipinski definition) is 4. The zero-order valence-corrected chi connectivity index (χ0v) is 14.7. The molecule has 0 radical (unpaired) electrons. The summed E-state index contributed by atoms with van der Waals surface area (Å²) in [7, 11) is 0. The summed E-state index contributed by atoms with van der Waals surface area (Å²) in [5.74, 6) is -1.59. The summed E-state index contributed by atoms with van der Waals surface area (Å²) in [6.07, 6.45) is 0. The Labute approximate surface area is 154 Å². The average molecular weight is 370 g/mol. The number of carbonyl (C=O) groups excluding carboxylic acids is 2. The maximum absolute atomic E-state index is 12.7. The summed E-state index contributed by atoms with van der Waals surface area (Å²) in [5, 5.41) is 3.32. The van der Waals surface area contributed by atoms with Gasteiger partial charge >= 0.3 is 5.97 Å². The molecule has 1 aliphatic rings. The van der Waals surface area contributed by atoms with Crippen molar-refractivity contribution in [3.05, 3.63) is 59.1 Å². The van der Waals surface area contributed by atoms with Gasteiger partial charge in [-0.3, -0.25) is 14.9 Å². The Hall–Kier alpha value is -2.86. The van der Waals surface area contributed by atoms with Crippen LogP contribution >= 0.6 is 11.6 Å². The SMILES string of the molecule is CCOC(=O)[C@@H]1C(=O)Nc2nc3ccccc3n2[C@@H]1c1ccc(Cl)cc1. The van der Waals surface area contributed by atoms with Crippen LogP contribution in [0.15, 0.2) is 48.5 Å². The minimum Gasteiger partial charge on any atom is -0.465 e. The number of rotatable bonds is 3. The molecule has 26 heavy (non-hydrogen) atoms. The topological polar surface area (TPSA) is 73.2 Å². The highest BCUT2D eigenvalue weighted by atomic mass is 35.5. The van der Waals surface area contributed by atoms with Crippen LogP contribution in [0.5, 0.6) is 0 Å². The lowest BCUT2D eigenvalue weighted by Gasteiger charge is -2.32. The largest absolute Gasteiger partial charge is 0.465 e. The molecule has 132 valence electrons. The number of carbonyl (C=O) groups is 2. The molecule has 1 aliphatic heterocycles. The van der Waals surface area contributed by atoms with Crippen LogP contribution in [0, 0.1) is 5.92 Å². The van der Waals surface area contributed by atoms with Crippen LogP contribution < -0.4 is 5.32 Å². The van der Waals surface area contributed by atoms with Crippen LogP contribution in [0.1, 0.15) is 18.5 Å². The van der Waals surface area contributed by atoms with Crippen molar-refractivity contribution in [3.63, 3.8) is 0 Å². The van der Waals surface area contributed by atoms with Crippen molar-refractivity contribution in [2.45, 2.75) is 13.0 Å². The van der Waals surface area contributed by atoms with E-state index >= 15 is 0 Å². The Morgan fingerprint density at radius 3 is 2.69 bits per heavy atom. The lowest BCUT2D eigenvalue weighted by atomic mass is 9.90. The maximum atomic E-state index is 12.7. The molecule has 2 aromatic carbocycles. The van der Waals surface area contributed by atoms with Gasteiger partial charge in [0.05, 0.1) is 23.7 Å². The zero-order chi connectivity index (χ0) is 18.3. The first-order chi connectivity index (χ1) is 12.6. The number of aromatic nitrogens is 2. The fourth-order valence-corrected chi connectivity index (χ4v) is 3.49. The summed E-state index contributed by atoms with van der Waals surface area (Å²) in [5.41, 5.74) is 2.36. The number of anilines is 1. The third-order valence-electron chi connectivity index (χ3n) is 4.46. The predicted octanol–water partition coefficient (Wildman–Crippen LogP) is 3.41. The van der Waals surface area contributed by atoms with Crippen molar-refractivity contribution in [2.24, 2.45) is 5.92 Å². The molecule has 1 aromatic heterocycles. The van der Waals surface area contributed by atoms with Crippen molar-refractivity contribution in [1.82, 2.24) is 9.55 Å². The molecule has 0 fully saturated rings. The third kappa shape index (κ3) is 2.63. The number of benzene rings is 2. The molecule has 0 spiro atoms. The van der Waals surface area contributed by atoms with E-state index in [1.165, 1.54) is 0 Å². The highest BCUT2D eigenvalue weighted by Gasteiger charge is 2.44. The molecule has 0 saturated carbocycles. The van der Waals surface area contributed by atoms with Crippen molar-refractivity contribution in [2.75, 3.05) is 11.9 Å². The molecular weight excluding hydrogens is 354 g/mol. The number of imidazole rings is 1. The Kier molecular flexibility index (Phi) is 4.12. The van der Waals surface area contributed by atoms with E-state index < -0.39 is 23.8 Å². The molecule has 3 aromatic rings. The van der Waals surface area contributed by atoms with Gasteiger partial charge in [0, 0.05) is 5.02 Å². The zero-order valence-electron chi connectivity index (χ0n) is 14.0. The quantitative estimate of drug-likeness (QED) is 0.567. The number of nitrogens with one attached hydrogen (secondary N) is 1. The maximum Gasteiger partial charge on any atom is 0.321 e. The average Bonchev–Trinajstić information content (AvgIpc) is 2.99. The number of halogens is 1. The number of fused-ring (bicyclic) bond motifs is 3. The molecular formula is C19H16ClN3O3. The Morgan fingerprint density at radius 2 is 1.96 bits per heavy atom. The van der Waals surface area contributed by atoms with Gasteiger partial charge in [-0.05, 0) is 36.8 Å². The molecule has 2 heterocycles. The van der Waals surface area contributed by atoms with Gasteiger partial charge < -0.3 is 9.30 Å². The van der Waals surface area contributed by atoms with E-state index in [2.05, 4.69) is 10.3 Å². The standard InChI is InChI=1S/C19H16ClN3O3/c1-2-26-18(25)15-16(11-7-9-12(20)10-8-11)23-14-6-4-3-5-13(14)21-19(23)22-17(15)24/h3-10,15-16H,2H2,1H3,(H,21,22,24)/t15-,16+/m0/s1. The molecule has 1 amide bonds. The van der Waals surface area contributed by atoms with Crippen LogP contribution in [0.2, 0.25) is 5.02 Å². The smallest absolute Gasteiger partial charge is 0.321 e. The van der Waals surface area contributed by atoms with Gasteiger partial charge in [-0.1, -0.05) is 35.9 Å². The van der Waals surface area contributed by atoms with E-state index in [0.717, 1.165) is 16.6 Å².